The Hall–Kier alpha value is -3.78. The molecule has 4 rings (SSSR count). The molecule has 0 fully saturated rings. The zero-order valence-corrected chi connectivity index (χ0v) is 18.2. The number of ether oxygens (including phenoxy) is 1. The number of fused-ring (bicyclic) bond motifs is 1. The molecule has 7 nitrogen and oxygen atoms in total. The molecule has 1 heterocycles. The van der Waals surface area contributed by atoms with Gasteiger partial charge in [0.1, 0.15) is 5.75 Å². The van der Waals surface area contributed by atoms with Crippen LogP contribution >= 0.6 is 0 Å². The minimum Gasteiger partial charge on any atom is -0.484 e. The van der Waals surface area contributed by atoms with Crippen LogP contribution in [-0.2, 0) is 14.6 Å². The van der Waals surface area contributed by atoms with Gasteiger partial charge in [-0.25, -0.2) is 8.42 Å². The first-order valence-corrected chi connectivity index (χ1v) is 11.7. The van der Waals surface area contributed by atoms with Gasteiger partial charge in [-0.05, 0) is 47.2 Å². The highest BCUT2D eigenvalue weighted by Crippen LogP contribution is 2.22. The van der Waals surface area contributed by atoms with E-state index in [0.29, 0.717) is 17.1 Å². The molecule has 3 aromatic carbocycles. The highest BCUT2D eigenvalue weighted by atomic mass is 32.2. The first-order chi connectivity index (χ1) is 15.4. The summed E-state index contributed by atoms with van der Waals surface area (Å²) in [6, 6.07) is 23.7. The maximum Gasteiger partial charge on any atom is 0.262 e. The second-order valence-corrected chi connectivity index (χ2v) is 9.31. The van der Waals surface area contributed by atoms with E-state index in [-0.39, 0.29) is 23.3 Å². The van der Waals surface area contributed by atoms with Crippen LogP contribution in [0, 0.1) is 0 Å². The first-order valence-electron chi connectivity index (χ1n) is 10.0. The van der Waals surface area contributed by atoms with Gasteiger partial charge >= 0.3 is 0 Å². The molecule has 0 aliphatic rings. The van der Waals surface area contributed by atoms with Gasteiger partial charge in [-0.3, -0.25) is 4.79 Å². The number of rotatable bonds is 7. The van der Waals surface area contributed by atoms with Crippen molar-refractivity contribution >= 4 is 32.2 Å². The van der Waals surface area contributed by atoms with Gasteiger partial charge in [0, 0.05) is 11.3 Å². The normalized spacial score (nSPS) is 11.3. The molecule has 1 aromatic heterocycles. The van der Waals surface area contributed by atoms with Crippen molar-refractivity contribution < 1.29 is 17.9 Å². The molecule has 1 N–H and O–H groups in total. The van der Waals surface area contributed by atoms with Gasteiger partial charge in [0.25, 0.3) is 5.91 Å². The Morgan fingerprint density at radius 1 is 0.906 bits per heavy atom. The zero-order valence-electron chi connectivity index (χ0n) is 17.4. The lowest BCUT2D eigenvalue weighted by Gasteiger charge is -2.09. The van der Waals surface area contributed by atoms with Gasteiger partial charge in [-0.2, -0.15) is 0 Å². The van der Waals surface area contributed by atoms with Crippen molar-refractivity contribution in [1.82, 2.24) is 10.2 Å². The second-order valence-electron chi connectivity index (χ2n) is 7.08. The Balaban J connectivity index is 1.36. The maximum atomic E-state index is 12.2. The van der Waals surface area contributed by atoms with Crippen molar-refractivity contribution in [2.75, 3.05) is 17.7 Å². The van der Waals surface area contributed by atoms with Crippen molar-refractivity contribution in [2.24, 2.45) is 0 Å². The van der Waals surface area contributed by atoms with Gasteiger partial charge < -0.3 is 10.1 Å². The minimum absolute atomic E-state index is 0.0278. The molecule has 0 bridgehead atoms. The first kappa shape index (κ1) is 21.5. The molecule has 0 saturated heterocycles. The third-order valence-corrected chi connectivity index (χ3v) is 6.51. The fraction of sp³-hybridized carbons (Fsp3) is 0.125. The molecular formula is C24H21N3O4S. The van der Waals surface area contributed by atoms with Crippen LogP contribution in [0.15, 0.2) is 83.9 Å². The second kappa shape index (κ2) is 9.15. The number of carbonyl (C=O) groups excluding carboxylic acids is 1. The minimum atomic E-state index is -3.39. The van der Waals surface area contributed by atoms with Crippen LogP contribution in [0.5, 0.6) is 5.75 Å². The summed E-state index contributed by atoms with van der Waals surface area (Å²) in [6.07, 6.45) is 0. The Morgan fingerprint density at radius 2 is 1.66 bits per heavy atom. The van der Waals surface area contributed by atoms with E-state index in [1.165, 1.54) is 6.07 Å². The van der Waals surface area contributed by atoms with Crippen molar-refractivity contribution in [2.45, 2.75) is 11.9 Å². The molecule has 0 saturated carbocycles. The van der Waals surface area contributed by atoms with Crippen molar-refractivity contribution in [3.05, 3.63) is 78.9 Å². The number of carbonyl (C=O) groups is 1. The number of nitrogens with zero attached hydrogens (tertiary/aromatic N) is 2. The average Bonchev–Trinajstić information content (AvgIpc) is 2.83. The number of hydrogen-bond acceptors (Lipinski definition) is 6. The van der Waals surface area contributed by atoms with Crippen LogP contribution in [-0.4, -0.2) is 36.9 Å². The molecule has 8 heteroatoms. The van der Waals surface area contributed by atoms with Crippen LogP contribution in [0.2, 0.25) is 0 Å². The largest absolute Gasteiger partial charge is 0.484 e. The topological polar surface area (TPSA) is 98.2 Å². The van der Waals surface area contributed by atoms with E-state index in [1.807, 2.05) is 42.5 Å². The monoisotopic (exact) mass is 447 g/mol. The number of nitrogens with one attached hydrogen (secondary N) is 1. The lowest BCUT2D eigenvalue weighted by Crippen LogP contribution is -2.20. The van der Waals surface area contributed by atoms with E-state index in [2.05, 4.69) is 15.5 Å². The van der Waals surface area contributed by atoms with Crippen LogP contribution < -0.4 is 10.1 Å². The third kappa shape index (κ3) is 4.92. The van der Waals surface area contributed by atoms with Crippen LogP contribution in [0.25, 0.3) is 22.0 Å². The van der Waals surface area contributed by atoms with Gasteiger partial charge in [0.2, 0.25) is 0 Å². The number of aromatic nitrogens is 2. The summed E-state index contributed by atoms with van der Waals surface area (Å²) in [4.78, 5) is 12.2. The zero-order chi connectivity index (χ0) is 22.6. The van der Waals surface area contributed by atoms with Crippen LogP contribution in [0.3, 0.4) is 0 Å². The molecule has 1 amide bonds. The summed E-state index contributed by atoms with van der Waals surface area (Å²) >= 11 is 0. The van der Waals surface area contributed by atoms with Crippen LogP contribution in [0.1, 0.15) is 6.92 Å². The van der Waals surface area contributed by atoms with E-state index in [1.54, 1.807) is 37.3 Å². The van der Waals surface area contributed by atoms with Crippen molar-refractivity contribution in [1.29, 1.82) is 0 Å². The summed E-state index contributed by atoms with van der Waals surface area (Å²) in [5.74, 6) is 0.320. The smallest absolute Gasteiger partial charge is 0.262 e. The summed E-state index contributed by atoms with van der Waals surface area (Å²) < 4.78 is 29.3. The van der Waals surface area contributed by atoms with E-state index >= 15 is 0 Å². The number of benzene rings is 3. The number of anilines is 1. The summed E-state index contributed by atoms with van der Waals surface area (Å²) in [7, 11) is -3.39. The lowest BCUT2D eigenvalue weighted by atomic mass is 10.1. The number of amides is 1. The van der Waals surface area contributed by atoms with Crippen LogP contribution in [0.4, 0.5) is 5.69 Å². The molecule has 162 valence electrons. The maximum absolute atomic E-state index is 12.2. The predicted octanol–water partition coefficient (Wildman–Crippen LogP) is 4.11. The van der Waals surface area contributed by atoms with E-state index in [9.17, 15) is 13.2 Å². The van der Waals surface area contributed by atoms with E-state index in [4.69, 9.17) is 4.74 Å². The fourth-order valence-electron chi connectivity index (χ4n) is 3.12. The Bertz CT molecular complexity index is 1350. The Morgan fingerprint density at radius 3 is 2.34 bits per heavy atom. The molecule has 32 heavy (non-hydrogen) atoms. The van der Waals surface area contributed by atoms with Gasteiger partial charge in [-0.1, -0.05) is 49.4 Å². The molecular weight excluding hydrogens is 426 g/mol. The van der Waals surface area contributed by atoms with Gasteiger partial charge in [-0.15, -0.1) is 10.2 Å². The molecule has 0 spiro atoms. The molecule has 4 aromatic rings. The number of sulfone groups is 1. The van der Waals surface area contributed by atoms with Crippen molar-refractivity contribution in [3.63, 3.8) is 0 Å². The Kier molecular flexibility index (Phi) is 6.13. The quantitative estimate of drug-likeness (QED) is 0.458. The Labute approximate surface area is 186 Å². The summed E-state index contributed by atoms with van der Waals surface area (Å²) in [5.41, 5.74) is 1.90. The molecule has 0 aliphatic carbocycles. The van der Waals surface area contributed by atoms with E-state index in [0.717, 1.165) is 16.3 Å². The highest BCUT2D eigenvalue weighted by molar-refractivity contribution is 7.91. The highest BCUT2D eigenvalue weighted by Gasteiger charge is 2.14. The van der Waals surface area contributed by atoms with Gasteiger partial charge in [0.15, 0.2) is 21.5 Å². The molecule has 0 aliphatic heterocycles. The molecule has 0 radical (unpaired) electrons. The fourth-order valence-corrected chi connectivity index (χ4v) is 3.85. The third-order valence-electron chi connectivity index (χ3n) is 4.89. The SMILES string of the molecule is CCS(=O)(=O)c1ccc(-c2ccc(NC(=O)COc3ccc4ccccc4c3)cc2)nn1. The predicted molar refractivity (Wildman–Crippen MR) is 123 cm³/mol. The average molecular weight is 448 g/mol. The standard InChI is InChI=1S/C24H21N3O4S/c1-2-32(29,30)24-14-13-22(26-27-24)18-7-10-20(11-8-18)25-23(28)16-31-21-12-9-17-5-3-4-6-19(17)15-21/h3-15H,2,16H2,1H3,(H,25,28). The summed E-state index contributed by atoms with van der Waals surface area (Å²) in [5, 5.41) is 12.7. The number of hydrogen-bond donors (Lipinski definition) is 1. The summed E-state index contributed by atoms with van der Waals surface area (Å²) in [6.45, 7) is 1.45. The molecule has 0 atom stereocenters. The van der Waals surface area contributed by atoms with Crippen molar-refractivity contribution in [3.8, 4) is 17.0 Å². The lowest BCUT2D eigenvalue weighted by molar-refractivity contribution is -0.118. The van der Waals surface area contributed by atoms with Gasteiger partial charge in [0.05, 0.1) is 11.4 Å². The molecule has 0 unspecified atom stereocenters. The van der Waals surface area contributed by atoms with E-state index < -0.39 is 9.84 Å².